The van der Waals surface area contributed by atoms with Gasteiger partial charge in [0.2, 0.25) is 5.91 Å². The molecule has 2 rings (SSSR count). The first-order valence-corrected chi connectivity index (χ1v) is 9.25. The highest BCUT2D eigenvalue weighted by molar-refractivity contribution is 5.99. The molecule has 148 valence electrons. The van der Waals surface area contributed by atoms with Gasteiger partial charge in [-0.15, -0.1) is 0 Å². The van der Waals surface area contributed by atoms with Crippen molar-refractivity contribution in [3.63, 3.8) is 0 Å². The van der Waals surface area contributed by atoms with Gasteiger partial charge < -0.3 is 15.4 Å². The SMILES string of the molecule is CCCC(=O)Nc1ccc(OCC(=O)Nc2ccc(C)cc2C)c(C(C)=O)c1. The number of Topliss-reactive ketones (excluding diaryl/α,β-unsaturated/α-hetero) is 1. The maximum absolute atomic E-state index is 12.2. The van der Waals surface area contributed by atoms with Gasteiger partial charge in [-0.25, -0.2) is 0 Å². The van der Waals surface area contributed by atoms with Crippen molar-refractivity contribution in [2.45, 2.75) is 40.5 Å². The van der Waals surface area contributed by atoms with Gasteiger partial charge in [0.15, 0.2) is 12.4 Å². The number of benzene rings is 2. The topological polar surface area (TPSA) is 84.5 Å². The van der Waals surface area contributed by atoms with Crippen molar-refractivity contribution < 1.29 is 19.1 Å². The lowest BCUT2D eigenvalue weighted by Crippen LogP contribution is -2.21. The first kappa shape index (κ1) is 21.2. The highest BCUT2D eigenvalue weighted by Crippen LogP contribution is 2.24. The standard InChI is InChI=1S/C22H26N2O4/c1-5-6-21(26)23-17-8-10-20(18(12-17)16(4)25)28-13-22(27)24-19-9-7-14(2)11-15(19)3/h7-12H,5-6,13H2,1-4H3,(H,23,26)(H,24,27). The van der Waals surface area contributed by atoms with Gasteiger partial charge in [0.05, 0.1) is 5.56 Å². The summed E-state index contributed by atoms with van der Waals surface area (Å²) in [6, 6.07) is 10.5. The zero-order valence-corrected chi connectivity index (χ0v) is 16.7. The third kappa shape index (κ3) is 5.94. The van der Waals surface area contributed by atoms with Gasteiger partial charge in [-0.05, 0) is 57.0 Å². The minimum Gasteiger partial charge on any atom is -0.483 e. The van der Waals surface area contributed by atoms with Crippen molar-refractivity contribution in [3.05, 3.63) is 53.1 Å². The van der Waals surface area contributed by atoms with Gasteiger partial charge in [-0.3, -0.25) is 14.4 Å². The van der Waals surface area contributed by atoms with Crippen molar-refractivity contribution in [1.29, 1.82) is 0 Å². The molecule has 2 aromatic rings. The normalized spacial score (nSPS) is 10.3. The molecule has 2 amide bonds. The van der Waals surface area contributed by atoms with Crippen LogP contribution in [0.4, 0.5) is 11.4 Å². The largest absolute Gasteiger partial charge is 0.483 e. The number of nitrogens with one attached hydrogen (secondary N) is 2. The minimum atomic E-state index is -0.318. The summed E-state index contributed by atoms with van der Waals surface area (Å²) in [4.78, 5) is 35.9. The van der Waals surface area contributed by atoms with Crippen molar-refractivity contribution in [3.8, 4) is 5.75 Å². The van der Waals surface area contributed by atoms with E-state index in [1.54, 1.807) is 18.2 Å². The second-order valence-electron chi connectivity index (χ2n) is 6.72. The molecular weight excluding hydrogens is 356 g/mol. The maximum atomic E-state index is 12.2. The van der Waals surface area contributed by atoms with Gasteiger partial charge in [-0.1, -0.05) is 24.6 Å². The molecule has 0 unspecified atom stereocenters. The molecule has 0 saturated heterocycles. The number of carbonyl (C=O) groups is 3. The molecule has 0 radical (unpaired) electrons. The number of hydrogen-bond acceptors (Lipinski definition) is 4. The molecule has 0 bridgehead atoms. The molecule has 2 N–H and O–H groups in total. The monoisotopic (exact) mass is 382 g/mol. The van der Waals surface area contributed by atoms with Gasteiger partial charge in [0.25, 0.3) is 5.91 Å². The van der Waals surface area contributed by atoms with Crippen molar-refractivity contribution in [2.75, 3.05) is 17.2 Å². The number of amides is 2. The number of rotatable bonds is 8. The fourth-order valence-corrected chi connectivity index (χ4v) is 2.74. The second kappa shape index (κ2) is 9.69. The molecule has 6 nitrogen and oxygen atoms in total. The summed E-state index contributed by atoms with van der Waals surface area (Å²) in [5.74, 6) is -0.339. The minimum absolute atomic E-state index is 0.112. The smallest absolute Gasteiger partial charge is 0.262 e. The van der Waals surface area contributed by atoms with E-state index in [1.165, 1.54) is 6.92 Å². The molecule has 0 saturated carbocycles. The fraction of sp³-hybridized carbons (Fsp3) is 0.318. The third-order valence-electron chi connectivity index (χ3n) is 4.13. The van der Waals surface area contributed by atoms with Crippen molar-refractivity contribution >= 4 is 29.0 Å². The highest BCUT2D eigenvalue weighted by atomic mass is 16.5. The molecule has 0 aliphatic carbocycles. The average molecular weight is 382 g/mol. The lowest BCUT2D eigenvalue weighted by atomic mass is 10.1. The number of carbonyl (C=O) groups excluding carboxylic acids is 3. The molecule has 2 aromatic carbocycles. The summed E-state index contributed by atoms with van der Waals surface area (Å²) in [6.07, 6.45) is 1.15. The van der Waals surface area contributed by atoms with Gasteiger partial charge in [-0.2, -0.15) is 0 Å². The quantitative estimate of drug-likeness (QED) is 0.668. The highest BCUT2D eigenvalue weighted by Gasteiger charge is 2.13. The molecule has 0 atom stereocenters. The van der Waals surface area contributed by atoms with Crippen molar-refractivity contribution in [2.24, 2.45) is 0 Å². The van der Waals surface area contributed by atoms with Crippen LogP contribution in [-0.2, 0) is 9.59 Å². The van der Waals surface area contributed by atoms with Crippen LogP contribution < -0.4 is 15.4 Å². The zero-order valence-electron chi connectivity index (χ0n) is 16.7. The van der Waals surface area contributed by atoms with Crippen LogP contribution in [0.5, 0.6) is 5.75 Å². The zero-order chi connectivity index (χ0) is 20.7. The van der Waals surface area contributed by atoms with E-state index in [1.807, 2.05) is 39.0 Å². The molecule has 6 heteroatoms. The Morgan fingerprint density at radius 3 is 2.36 bits per heavy atom. The first-order valence-electron chi connectivity index (χ1n) is 9.25. The van der Waals surface area contributed by atoms with Gasteiger partial charge >= 0.3 is 0 Å². The van der Waals surface area contributed by atoms with Crippen LogP contribution in [0, 0.1) is 13.8 Å². The summed E-state index contributed by atoms with van der Waals surface area (Å²) in [5, 5.41) is 5.55. The predicted molar refractivity (Wildman–Crippen MR) is 110 cm³/mol. The van der Waals surface area contributed by atoms with E-state index in [9.17, 15) is 14.4 Å². The van der Waals surface area contributed by atoms with Crippen LogP contribution in [0.3, 0.4) is 0 Å². The number of anilines is 2. The summed E-state index contributed by atoms with van der Waals surface area (Å²) >= 11 is 0. The van der Waals surface area contributed by atoms with Gasteiger partial charge in [0, 0.05) is 17.8 Å². The first-order chi connectivity index (χ1) is 13.3. The van der Waals surface area contributed by atoms with E-state index in [4.69, 9.17) is 4.74 Å². The molecule has 28 heavy (non-hydrogen) atoms. The van der Waals surface area contributed by atoms with E-state index in [2.05, 4.69) is 10.6 Å². The van der Waals surface area contributed by atoms with Gasteiger partial charge in [0.1, 0.15) is 5.75 Å². The second-order valence-corrected chi connectivity index (χ2v) is 6.72. The molecule has 0 spiro atoms. The molecular formula is C22H26N2O4. The average Bonchev–Trinajstić information content (AvgIpc) is 2.63. The fourth-order valence-electron chi connectivity index (χ4n) is 2.74. The Bertz CT molecular complexity index is 890. The van der Waals surface area contributed by atoms with Crippen molar-refractivity contribution in [1.82, 2.24) is 0 Å². The summed E-state index contributed by atoms with van der Waals surface area (Å²) < 4.78 is 5.56. The predicted octanol–water partition coefficient (Wildman–Crippen LogP) is 4.26. The van der Waals surface area contributed by atoms with Crippen LogP contribution in [-0.4, -0.2) is 24.2 Å². The van der Waals surface area contributed by atoms with E-state index in [-0.39, 0.29) is 24.2 Å². The van der Waals surface area contributed by atoms with E-state index in [0.717, 1.165) is 23.2 Å². The van der Waals surface area contributed by atoms with Crippen LogP contribution in [0.2, 0.25) is 0 Å². The molecule has 0 aromatic heterocycles. The molecule has 0 aliphatic rings. The number of hydrogen-bond donors (Lipinski definition) is 2. The molecule has 0 fully saturated rings. The Balaban J connectivity index is 2.05. The number of ether oxygens (including phenoxy) is 1. The summed E-state index contributed by atoms with van der Waals surface area (Å²) in [5.41, 5.74) is 3.64. The Morgan fingerprint density at radius 1 is 0.964 bits per heavy atom. The third-order valence-corrected chi connectivity index (χ3v) is 4.13. The molecule has 0 aliphatic heterocycles. The number of aryl methyl sites for hydroxylation is 2. The summed E-state index contributed by atoms with van der Waals surface area (Å²) in [7, 11) is 0. The Morgan fingerprint density at radius 2 is 1.71 bits per heavy atom. The maximum Gasteiger partial charge on any atom is 0.262 e. The van der Waals surface area contributed by atoms with E-state index >= 15 is 0 Å². The summed E-state index contributed by atoms with van der Waals surface area (Å²) in [6.45, 7) is 7.01. The lowest BCUT2D eigenvalue weighted by Gasteiger charge is -2.13. The Kier molecular flexibility index (Phi) is 7.32. The van der Waals surface area contributed by atoms with E-state index in [0.29, 0.717) is 23.4 Å². The Labute approximate surface area is 165 Å². The van der Waals surface area contributed by atoms with Crippen LogP contribution in [0.15, 0.2) is 36.4 Å². The van der Waals surface area contributed by atoms with Crippen LogP contribution >= 0.6 is 0 Å². The Hall–Kier alpha value is -3.15. The molecule has 0 heterocycles. The van der Waals surface area contributed by atoms with Crippen LogP contribution in [0.1, 0.15) is 48.2 Å². The number of ketones is 1. The van der Waals surface area contributed by atoms with Crippen LogP contribution in [0.25, 0.3) is 0 Å². The lowest BCUT2D eigenvalue weighted by molar-refractivity contribution is -0.118. The van der Waals surface area contributed by atoms with E-state index < -0.39 is 0 Å².